The Morgan fingerprint density at radius 2 is 1.90 bits per heavy atom. The molecule has 0 aliphatic carbocycles. The minimum absolute atomic E-state index is 0.209. The lowest BCUT2D eigenvalue weighted by Crippen LogP contribution is -2.30. The van der Waals surface area contributed by atoms with Gasteiger partial charge in [0.25, 0.3) is 5.91 Å². The Balaban J connectivity index is 1.62. The molecule has 8 heteroatoms. The third-order valence-electron chi connectivity index (χ3n) is 3.91. The summed E-state index contributed by atoms with van der Waals surface area (Å²) in [6.45, 7) is 3.57. The molecule has 3 rings (SSSR count). The minimum atomic E-state index is -1.05. The average Bonchev–Trinajstić information content (AvgIpc) is 3.13. The first-order chi connectivity index (χ1) is 13.9. The molecule has 0 fully saturated rings. The second-order valence-corrected chi connectivity index (χ2v) is 7.25. The van der Waals surface area contributed by atoms with Crippen LogP contribution in [-0.4, -0.2) is 23.0 Å². The number of hydrogen-bond donors (Lipinski definition) is 1. The number of nitrogens with zero attached hydrogens (tertiary/aromatic N) is 1. The van der Waals surface area contributed by atoms with Crippen molar-refractivity contribution >= 4 is 28.9 Å². The Hall–Kier alpha value is -3.26. The van der Waals surface area contributed by atoms with E-state index in [9.17, 15) is 14.0 Å². The van der Waals surface area contributed by atoms with Crippen molar-refractivity contribution in [2.45, 2.75) is 26.6 Å². The van der Waals surface area contributed by atoms with Crippen molar-refractivity contribution in [2.75, 3.05) is 5.32 Å². The van der Waals surface area contributed by atoms with Crippen LogP contribution in [0.25, 0.3) is 0 Å². The highest BCUT2D eigenvalue weighted by atomic mass is 32.1. The molecule has 3 aromatic rings. The van der Waals surface area contributed by atoms with E-state index in [1.165, 1.54) is 42.5 Å². The van der Waals surface area contributed by atoms with E-state index in [0.717, 1.165) is 10.7 Å². The zero-order valence-electron chi connectivity index (χ0n) is 15.8. The van der Waals surface area contributed by atoms with Crippen molar-refractivity contribution < 1.29 is 23.5 Å². The number of para-hydroxylation sites is 1. The molecule has 2 aromatic carbocycles. The molecule has 0 aliphatic rings. The molecule has 0 spiro atoms. The fraction of sp³-hybridized carbons (Fsp3) is 0.190. The molecule has 0 bridgehead atoms. The van der Waals surface area contributed by atoms with Crippen molar-refractivity contribution in [3.8, 4) is 5.75 Å². The Morgan fingerprint density at radius 1 is 1.17 bits per heavy atom. The number of aryl methyl sites for hydroxylation is 1. The maximum Gasteiger partial charge on any atom is 0.342 e. The second-order valence-electron chi connectivity index (χ2n) is 6.19. The lowest BCUT2D eigenvalue weighted by Gasteiger charge is -2.15. The normalized spacial score (nSPS) is 11.6. The van der Waals surface area contributed by atoms with E-state index in [4.69, 9.17) is 9.47 Å². The van der Waals surface area contributed by atoms with Crippen LogP contribution in [0.3, 0.4) is 0 Å². The number of hydrogen-bond acceptors (Lipinski definition) is 6. The van der Waals surface area contributed by atoms with E-state index in [2.05, 4.69) is 10.3 Å². The standard InChI is InChI=1S/C21H19FN2O4S/c1-13(20(25)24-16-9-7-15(22)8-10-16)28-21(26)18-5-3-4-6-19(18)27-11-17-12-29-14(2)23-17/h3-10,12-13H,11H2,1-2H3,(H,24,25)/t13-/m1/s1. The third kappa shape index (κ3) is 5.61. The van der Waals surface area contributed by atoms with Gasteiger partial charge in [0, 0.05) is 11.1 Å². The number of benzene rings is 2. The molecule has 1 aromatic heterocycles. The number of aromatic nitrogens is 1. The zero-order chi connectivity index (χ0) is 20.8. The van der Waals surface area contributed by atoms with Crippen LogP contribution in [0.1, 0.15) is 28.0 Å². The van der Waals surface area contributed by atoms with Crippen molar-refractivity contribution in [2.24, 2.45) is 0 Å². The molecule has 0 saturated carbocycles. The van der Waals surface area contributed by atoms with E-state index in [1.54, 1.807) is 24.3 Å². The van der Waals surface area contributed by atoms with Crippen LogP contribution in [0, 0.1) is 12.7 Å². The number of carbonyl (C=O) groups excluding carboxylic acids is 2. The van der Waals surface area contributed by atoms with Crippen molar-refractivity contribution in [1.29, 1.82) is 0 Å². The summed E-state index contributed by atoms with van der Waals surface area (Å²) in [4.78, 5) is 29.1. The molecule has 0 radical (unpaired) electrons. The maximum absolute atomic E-state index is 13.0. The summed E-state index contributed by atoms with van der Waals surface area (Å²) in [6.07, 6.45) is -1.05. The number of halogens is 1. The monoisotopic (exact) mass is 414 g/mol. The number of amides is 1. The van der Waals surface area contributed by atoms with E-state index < -0.39 is 23.8 Å². The van der Waals surface area contributed by atoms with Crippen molar-refractivity contribution in [1.82, 2.24) is 4.98 Å². The van der Waals surface area contributed by atoms with Crippen LogP contribution in [0.2, 0.25) is 0 Å². The number of anilines is 1. The fourth-order valence-corrected chi connectivity index (χ4v) is 3.04. The van der Waals surface area contributed by atoms with E-state index in [1.807, 2.05) is 12.3 Å². The predicted molar refractivity (Wildman–Crippen MR) is 108 cm³/mol. The largest absolute Gasteiger partial charge is 0.486 e. The van der Waals surface area contributed by atoms with Gasteiger partial charge in [-0.3, -0.25) is 4.79 Å². The van der Waals surface area contributed by atoms with Gasteiger partial charge in [0.1, 0.15) is 23.7 Å². The van der Waals surface area contributed by atoms with E-state index in [0.29, 0.717) is 11.4 Å². The Kier molecular flexibility index (Phi) is 6.56. The third-order valence-corrected chi connectivity index (χ3v) is 4.74. The minimum Gasteiger partial charge on any atom is -0.486 e. The van der Waals surface area contributed by atoms with Gasteiger partial charge in [-0.15, -0.1) is 11.3 Å². The predicted octanol–water partition coefficient (Wildman–Crippen LogP) is 4.35. The number of thiazole rings is 1. The highest BCUT2D eigenvalue weighted by Gasteiger charge is 2.21. The zero-order valence-corrected chi connectivity index (χ0v) is 16.7. The molecule has 150 valence electrons. The highest BCUT2D eigenvalue weighted by molar-refractivity contribution is 7.09. The van der Waals surface area contributed by atoms with E-state index >= 15 is 0 Å². The van der Waals surface area contributed by atoms with Gasteiger partial charge in [-0.05, 0) is 50.2 Å². The van der Waals surface area contributed by atoms with Crippen LogP contribution in [0.5, 0.6) is 5.75 Å². The van der Waals surface area contributed by atoms with Gasteiger partial charge in [-0.25, -0.2) is 14.2 Å². The topological polar surface area (TPSA) is 77.5 Å². The summed E-state index contributed by atoms with van der Waals surface area (Å²) >= 11 is 1.52. The van der Waals surface area contributed by atoms with Crippen molar-refractivity contribution in [3.05, 3.63) is 76.0 Å². The molecule has 0 aliphatic heterocycles. The summed E-state index contributed by atoms with van der Waals surface area (Å²) in [5, 5.41) is 5.38. The van der Waals surface area contributed by atoms with Crippen molar-refractivity contribution in [3.63, 3.8) is 0 Å². The number of nitrogens with one attached hydrogen (secondary N) is 1. The Morgan fingerprint density at radius 3 is 2.59 bits per heavy atom. The van der Waals surface area contributed by atoms with Gasteiger partial charge < -0.3 is 14.8 Å². The molecule has 1 atom stereocenters. The number of esters is 1. The Bertz CT molecular complexity index is 1000. The second kappa shape index (κ2) is 9.29. The number of rotatable bonds is 7. The number of carbonyl (C=O) groups is 2. The summed E-state index contributed by atoms with van der Waals surface area (Å²) in [6, 6.07) is 11.9. The first-order valence-electron chi connectivity index (χ1n) is 8.82. The van der Waals surface area contributed by atoms with Crippen LogP contribution < -0.4 is 10.1 Å². The summed E-state index contributed by atoms with van der Waals surface area (Å²) in [5.41, 5.74) is 1.38. The van der Waals surface area contributed by atoms with Gasteiger partial charge in [-0.2, -0.15) is 0 Å². The quantitative estimate of drug-likeness (QED) is 0.582. The molecule has 29 heavy (non-hydrogen) atoms. The molecule has 0 saturated heterocycles. The average molecular weight is 414 g/mol. The Labute approximate surface area is 171 Å². The van der Waals surface area contributed by atoms with Crippen LogP contribution in [0.4, 0.5) is 10.1 Å². The lowest BCUT2D eigenvalue weighted by molar-refractivity contribution is -0.123. The molecule has 0 unspecified atom stereocenters. The first-order valence-corrected chi connectivity index (χ1v) is 9.70. The summed E-state index contributed by atoms with van der Waals surface area (Å²) in [7, 11) is 0. The number of ether oxygens (including phenoxy) is 2. The van der Waals surface area contributed by atoms with Crippen LogP contribution in [-0.2, 0) is 16.1 Å². The molecule has 1 amide bonds. The molecular weight excluding hydrogens is 395 g/mol. The smallest absolute Gasteiger partial charge is 0.342 e. The molecule has 6 nitrogen and oxygen atoms in total. The van der Waals surface area contributed by atoms with Gasteiger partial charge in [0.05, 0.1) is 10.7 Å². The van der Waals surface area contributed by atoms with Gasteiger partial charge in [-0.1, -0.05) is 12.1 Å². The first kappa shape index (κ1) is 20.5. The van der Waals surface area contributed by atoms with Gasteiger partial charge in [0.2, 0.25) is 0 Å². The highest BCUT2D eigenvalue weighted by Crippen LogP contribution is 2.21. The van der Waals surface area contributed by atoms with E-state index in [-0.39, 0.29) is 12.2 Å². The molecular formula is C21H19FN2O4S. The fourth-order valence-electron chi connectivity index (χ4n) is 2.44. The van der Waals surface area contributed by atoms with Gasteiger partial charge in [0.15, 0.2) is 6.10 Å². The van der Waals surface area contributed by atoms with Crippen LogP contribution in [0.15, 0.2) is 53.9 Å². The SMILES string of the molecule is Cc1nc(COc2ccccc2C(=O)O[C@H](C)C(=O)Nc2ccc(F)cc2)cs1. The van der Waals surface area contributed by atoms with Crippen LogP contribution >= 0.6 is 11.3 Å². The lowest BCUT2D eigenvalue weighted by atomic mass is 10.2. The molecule has 1 heterocycles. The van der Waals surface area contributed by atoms with Gasteiger partial charge >= 0.3 is 5.97 Å². The summed E-state index contributed by atoms with van der Waals surface area (Å²) in [5.74, 6) is -1.28. The summed E-state index contributed by atoms with van der Waals surface area (Å²) < 4.78 is 23.9. The maximum atomic E-state index is 13.0. The molecule has 1 N–H and O–H groups in total.